The minimum absolute atomic E-state index is 0.172. The van der Waals surface area contributed by atoms with Gasteiger partial charge in [-0.2, -0.15) is 9.78 Å². The first kappa shape index (κ1) is 13.9. The van der Waals surface area contributed by atoms with Gasteiger partial charge in [-0.05, 0) is 30.2 Å². The van der Waals surface area contributed by atoms with E-state index in [1.165, 1.54) is 11.0 Å². The first-order valence-electron chi connectivity index (χ1n) is 6.98. The van der Waals surface area contributed by atoms with Crippen LogP contribution in [0.25, 0.3) is 17.0 Å². The second kappa shape index (κ2) is 6.18. The van der Waals surface area contributed by atoms with E-state index in [9.17, 15) is 4.79 Å². The number of aromatic nitrogens is 2. The van der Waals surface area contributed by atoms with Crippen LogP contribution in [0.4, 0.5) is 0 Å². The Bertz CT molecular complexity index is 908. The molecule has 0 N–H and O–H groups in total. The molecule has 0 radical (unpaired) electrons. The fraction of sp³-hybridized carbons (Fsp3) is 0.0556. The van der Waals surface area contributed by atoms with E-state index in [2.05, 4.69) is 10.1 Å². The highest BCUT2D eigenvalue weighted by Gasteiger charge is 2.01. The van der Waals surface area contributed by atoms with Crippen molar-refractivity contribution in [3.63, 3.8) is 0 Å². The first-order chi connectivity index (χ1) is 10.7. The zero-order chi connectivity index (χ0) is 15.4. The second-order valence-corrected chi connectivity index (χ2v) is 4.96. The smallest absolute Gasteiger partial charge is 0.267 e. The number of rotatable bonds is 3. The van der Waals surface area contributed by atoms with Crippen LogP contribution >= 0.6 is 0 Å². The largest absolute Gasteiger partial charge is 0.281 e. The van der Waals surface area contributed by atoms with Crippen LogP contribution in [0.3, 0.4) is 0 Å². The van der Waals surface area contributed by atoms with Gasteiger partial charge in [0, 0.05) is 0 Å². The van der Waals surface area contributed by atoms with Crippen LogP contribution in [-0.4, -0.2) is 15.9 Å². The van der Waals surface area contributed by atoms with Crippen LogP contribution in [0.2, 0.25) is 0 Å². The number of nitrogens with zero attached hydrogens (tertiary/aromatic N) is 3. The van der Waals surface area contributed by atoms with Gasteiger partial charge in [0.25, 0.3) is 5.56 Å². The maximum absolute atomic E-state index is 12.3. The predicted molar refractivity (Wildman–Crippen MR) is 90.0 cm³/mol. The van der Waals surface area contributed by atoms with Crippen LogP contribution in [0.5, 0.6) is 0 Å². The molecule has 0 saturated heterocycles. The molecule has 1 aromatic heterocycles. The third-order valence-corrected chi connectivity index (χ3v) is 3.23. The van der Waals surface area contributed by atoms with Crippen molar-refractivity contribution in [3.8, 4) is 0 Å². The lowest BCUT2D eigenvalue weighted by Gasteiger charge is -2.00. The molecule has 0 amide bonds. The number of hydrogen-bond donors (Lipinski definition) is 0. The molecule has 0 aliphatic carbocycles. The summed E-state index contributed by atoms with van der Waals surface area (Å²) < 4.78 is 1.25. The highest BCUT2D eigenvalue weighted by molar-refractivity contribution is 5.84. The van der Waals surface area contributed by atoms with Crippen molar-refractivity contribution < 1.29 is 0 Å². The van der Waals surface area contributed by atoms with Gasteiger partial charge >= 0.3 is 0 Å². The molecule has 0 bridgehead atoms. The highest BCUT2D eigenvalue weighted by atomic mass is 16.1. The monoisotopic (exact) mass is 289 g/mol. The lowest BCUT2D eigenvalue weighted by molar-refractivity contribution is 0.817. The Balaban J connectivity index is 1.91. The summed E-state index contributed by atoms with van der Waals surface area (Å²) in [5.74, 6) is 0. The minimum Gasteiger partial charge on any atom is -0.267 e. The van der Waals surface area contributed by atoms with E-state index in [1.54, 1.807) is 12.3 Å². The molecular formula is C18H15N3O. The van der Waals surface area contributed by atoms with Gasteiger partial charge in [-0.15, -0.1) is 0 Å². The summed E-state index contributed by atoms with van der Waals surface area (Å²) in [5, 5.41) is 4.76. The zero-order valence-electron chi connectivity index (χ0n) is 12.2. The van der Waals surface area contributed by atoms with Crippen molar-refractivity contribution in [1.29, 1.82) is 0 Å². The van der Waals surface area contributed by atoms with Crippen LogP contribution in [0.1, 0.15) is 12.5 Å². The van der Waals surface area contributed by atoms with Crippen molar-refractivity contribution in [2.24, 2.45) is 5.10 Å². The van der Waals surface area contributed by atoms with Crippen molar-refractivity contribution in [2.75, 3.05) is 0 Å². The Hall–Kier alpha value is -3.01. The molecule has 0 spiro atoms. The average Bonchev–Trinajstić information content (AvgIpc) is 2.55. The van der Waals surface area contributed by atoms with Crippen LogP contribution in [0, 0.1) is 0 Å². The van der Waals surface area contributed by atoms with Crippen LogP contribution in [-0.2, 0) is 0 Å². The summed E-state index contributed by atoms with van der Waals surface area (Å²) in [6.45, 7) is 1.94. The van der Waals surface area contributed by atoms with E-state index < -0.39 is 0 Å². The molecule has 22 heavy (non-hydrogen) atoms. The Morgan fingerprint density at radius 1 is 1.09 bits per heavy atom. The van der Waals surface area contributed by atoms with E-state index >= 15 is 0 Å². The molecule has 0 aliphatic rings. The highest BCUT2D eigenvalue weighted by Crippen LogP contribution is 2.06. The predicted octanol–water partition coefficient (Wildman–Crippen LogP) is 3.33. The molecule has 1 heterocycles. The normalized spacial score (nSPS) is 12.1. The van der Waals surface area contributed by atoms with Gasteiger partial charge in [-0.3, -0.25) is 4.79 Å². The van der Waals surface area contributed by atoms with Crippen LogP contribution in [0.15, 0.2) is 76.4 Å². The summed E-state index contributed by atoms with van der Waals surface area (Å²) in [6.07, 6.45) is 5.10. The summed E-state index contributed by atoms with van der Waals surface area (Å²) in [4.78, 5) is 16.5. The first-order valence-corrected chi connectivity index (χ1v) is 6.98. The van der Waals surface area contributed by atoms with E-state index in [0.717, 1.165) is 11.1 Å². The molecule has 0 unspecified atom stereocenters. The summed E-state index contributed by atoms with van der Waals surface area (Å²) in [6, 6.07) is 17.2. The Morgan fingerprint density at radius 3 is 2.64 bits per heavy atom. The molecule has 108 valence electrons. The number of benzene rings is 2. The molecule has 2 aromatic carbocycles. The second-order valence-electron chi connectivity index (χ2n) is 4.96. The molecule has 0 aliphatic heterocycles. The Labute approximate surface area is 128 Å². The summed E-state index contributed by atoms with van der Waals surface area (Å²) >= 11 is 0. The minimum atomic E-state index is -0.172. The molecule has 3 aromatic rings. The third-order valence-electron chi connectivity index (χ3n) is 3.23. The number of hydrogen-bond acceptors (Lipinski definition) is 3. The van der Waals surface area contributed by atoms with Gasteiger partial charge in [0.05, 0.1) is 17.1 Å². The Morgan fingerprint density at radius 2 is 1.82 bits per heavy atom. The lowest BCUT2D eigenvalue weighted by atomic mass is 10.1. The van der Waals surface area contributed by atoms with Gasteiger partial charge in [-0.1, -0.05) is 48.5 Å². The summed E-state index contributed by atoms with van der Waals surface area (Å²) in [5.41, 5.74) is 2.55. The molecule has 0 fully saturated rings. The maximum Gasteiger partial charge on any atom is 0.281 e. The van der Waals surface area contributed by atoms with Crippen LogP contribution < -0.4 is 5.56 Å². The van der Waals surface area contributed by atoms with Gasteiger partial charge in [0.15, 0.2) is 0 Å². The third kappa shape index (κ3) is 3.01. The Kier molecular flexibility index (Phi) is 3.92. The molecule has 3 rings (SSSR count). The number of para-hydroxylation sites is 1. The SMILES string of the molecule is CC(/C=N/n1cnc2ccccc2c1=O)=C\c1ccccc1. The average molecular weight is 289 g/mol. The fourth-order valence-electron chi connectivity index (χ4n) is 2.14. The molecule has 4 heteroatoms. The van der Waals surface area contributed by atoms with Crippen molar-refractivity contribution in [1.82, 2.24) is 9.66 Å². The van der Waals surface area contributed by atoms with Gasteiger partial charge < -0.3 is 0 Å². The fourth-order valence-corrected chi connectivity index (χ4v) is 2.14. The van der Waals surface area contributed by atoms with Gasteiger partial charge in [0.1, 0.15) is 6.33 Å². The quantitative estimate of drug-likeness (QED) is 0.694. The molecular weight excluding hydrogens is 274 g/mol. The molecule has 0 atom stereocenters. The van der Waals surface area contributed by atoms with E-state index in [4.69, 9.17) is 0 Å². The van der Waals surface area contributed by atoms with Gasteiger partial charge in [0.2, 0.25) is 0 Å². The molecule has 4 nitrogen and oxygen atoms in total. The van der Waals surface area contributed by atoms with E-state index in [0.29, 0.717) is 10.9 Å². The topological polar surface area (TPSA) is 47.2 Å². The number of fused-ring (bicyclic) bond motifs is 1. The van der Waals surface area contributed by atoms with Crippen molar-refractivity contribution in [3.05, 3.63) is 82.4 Å². The van der Waals surface area contributed by atoms with Crippen molar-refractivity contribution in [2.45, 2.75) is 6.92 Å². The molecule has 0 saturated carbocycles. The van der Waals surface area contributed by atoms with Crippen molar-refractivity contribution >= 4 is 23.2 Å². The standard InChI is InChI=1S/C18H15N3O/c1-14(11-15-7-3-2-4-8-15)12-20-21-13-19-17-10-6-5-9-16(17)18(21)22/h2-13H,1H3/b14-11+,20-12+. The maximum atomic E-state index is 12.3. The lowest BCUT2D eigenvalue weighted by Crippen LogP contribution is -2.16. The zero-order valence-corrected chi connectivity index (χ0v) is 12.2. The van der Waals surface area contributed by atoms with E-state index in [-0.39, 0.29) is 5.56 Å². The van der Waals surface area contributed by atoms with Gasteiger partial charge in [-0.25, -0.2) is 4.98 Å². The number of allylic oxidation sites excluding steroid dienone is 1. The van der Waals surface area contributed by atoms with E-state index in [1.807, 2.05) is 61.5 Å². The summed E-state index contributed by atoms with van der Waals surface area (Å²) in [7, 11) is 0.